The molecule has 100 valence electrons. The highest BCUT2D eigenvalue weighted by Crippen LogP contribution is 2.07. The Balaban J connectivity index is 1.85. The predicted octanol–water partition coefficient (Wildman–Crippen LogP) is 1.62. The lowest BCUT2D eigenvalue weighted by atomic mass is 10.2. The van der Waals surface area contributed by atoms with Crippen molar-refractivity contribution in [3.05, 3.63) is 48.2 Å². The Bertz CT molecular complexity index is 525. The van der Waals surface area contributed by atoms with Crippen LogP contribution in [0, 0.1) is 0 Å². The fraction of sp³-hybridized carbons (Fsp3) is 0.231. The number of hydrogen-bond acceptors (Lipinski definition) is 4. The third kappa shape index (κ3) is 3.82. The lowest BCUT2D eigenvalue weighted by Crippen LogP contribution is -2.17. The maximum atomic E-state index is 11.6. The zero-order valence-electron chi connectivity index (χ0n) is 10.3. The van der Waals surface area contributed by atoms with Crippen LogP contribution in [0.2, 0.25) is 0 Å². The number of carbonyl (C=O) groups excluding carboxylic acids is 1. The van der Waals surface area contributed by atoms with Crippen LogP contribution in [-0.4, -0.2) is 27.6 Å². The number of ether oxygens (including phenoxy) is 1. The summed E-state index contributed by atoms with van der Waals surface area (Å²) in [4.78, 5) is 11.6. The van der Waals surface area contributed by atoms with E-state index in [1.54, 1.807) is 12.3 Å². The van der Waals surface area contributed by atoms with Crippen LogP contribution in [0.4, 0.5) is 10.6 Å². The molecular formula is C13H15N3O3. The first-order chi connectivity index (χ1) is 9.29. The molecule has 0 radical (unpaired) electrons. The van der Waals surface area contributed by atoms with Crippen molar-refractivity contribution >= 4 is 11.9 Å². The first kappa shape index (κ1) is 13.1. The van der Waals surface area contributed by atoms with Gasteiger partial charge in [-0.2, -0.15) is 5.10 Å². The number of carbonyl (C=O) groups is 1. The minimum absolute atomic E-state index is 0.0462. The summed E-state index contributed by atoms with van der Waals surface area (Å²) in [5.41, 5.74) is 0.918. The summed E-state index contributed by atoms with van der Waals surface area (Å²) in [5, 5.41) is 15.4. The first-order valence-electron chi connectivity index (χ1n) is 5.90. The Morgan fingerprint density at radius 3 is 2.84 bits per heavy atom. The fourth-order valence-corrected chi connectivity index (χ4v) is 1.58. The Hall–Kier alpha value is -2.34. The van der Waals surface area contributed by atoms with Gasteiger partial charge < -0.3 is 9.84 Å². The maximum Gasteiger partial charge on any atom is 0.413 e. The van der Waals surface area contributed by atoms with E-state index in [2.05, 4.69) is 10.4 Å². The van der Waals surface area contributed by atoms with Gasteiger partial charge in [-0.1, -0.05) is 30.3 Å². The van der Waals surface area contributed by atoms with Gasteiger partial charge in [0.25, 0.3) is 0 Å². The zero-order chi connectivity index (χ0) is 13.5. The van der Waals surface area contributed by atoms with E-state index in [1.807, 2.05) is 30.3 Å². The summed E-state index contributed by atoms with van der Waals surface area (Å²) in [5.74, 6) is 0.493. The van der Waals surface area contributed by atoms with E-state index in [0.29, 0.717) is 12.4 Å². The van der Waals surface area contributed by atoms with Gasteiger partial charge in [0.2, 0.25) is 0 Å². The van der Waals surface area contributed by atoms with Gasteiger partial charge in [0.05, 0.1) is 19.3 Å². The Labute approximate surface area is 110 Å². The third-order valence-corrected chi connectivity index (χ3v) is 2.47. The summed E-state index contributed by atoms with van der Waals surface area (Å²) in [6.07, 6.45) is 0.992. The summed E-state index contributed by atoms with van der Waals surface area (Å²) in [6, 6.07) is 11.1. The van der Waals surface area contributed by atoms with Gasteiger partial charge in [0.15, 0.2) is 0 Å². The number of rotatable bonds is 5. The van der Waals surface area contributed by atoms with Crippen LogP contribution < -0.4 is 5.32 Å². The van der Waals surface area contributed by atoms with E-state index in [0.717, 1.165) is 5.56 Å². The molecule has 2 aromatic rings. The van der Waals surface area contributed by atoms with Crippen molar-refractivity contribution in [2.24, 2.45) is 0 Å². The second kappa shape index (κ2) is 6.55. The van der Waals surface area contributed by atoms with Crippen LogP contribution in [0.1, 0.15) is 5.56 Å². The molecule has 0 saturated carbocycles. The average Bonchev–Trinajstić information content (AvgIpc) is 2.85. The minimum atomic E-state index is -0.552. The van der Waals surface area contributed by atoms with E-state index in [-0.39, 0.29) is 13.2 Å². The second-order valence-corrected chi connectivity index (χ2v) is 3.85. The summed E-state index contributed by atoms with van der Waals surface area (Å²) < 4.78 is 6.57. The van der Waals surface area contributed by atoms with Gasteiger partial charge >= 0.3 is 6.09 Å². The van der Waals surface area contributed by atoms with Gasteiger partial charge in [0.1, 0.15) is 12.4 Å². The molecule has 1 aromatic carbocycles. The molecule has 6 heteroatoms. The molecule has 0 saturated heterocycles. The second-order valence-electron chi connectivity index (χ2n) is 3.85. The number of nitrogens with one attached hydrogen (secondary N) is 1. The molecule has 0 bridgehead atoms. The molecule has 2 N–H and O–H groups in total. The molecule has 2 rings (SSSR count). The molecule has 1 heterocycles. The van der Waals surface area contributed by atoms with Crippen LogP contribution in [-0.2, 0) is 17.9 Å². The largest absolute Gasteiger partial charge is 0.444 e. The Kier molecular flexibility index (Phi) is 4.52. The first-order valence-corrected chi connectivity index (χ1v) is 5.90. The predicted molar refractivity (Wildman–Crippen MR) is 69.6 cm³/mol. The number of aromatic nitrogens is 2. The minimum Gasteiger partial charge on any atom is -0.444 e. The lowest BCUT2D eigenvalue weighted by Gasteiger charge is -2.08. The van der Waals surface area contributed by atoms with Gasteiger partial charge in [-0.3, -0.25) is 5.32 Å². The number of nitrogens with zero attached hydrogens (tertiary/aromatic N) is 2. The highest BCUT2D eigenvalue weighted by molar-refractivity contribution is 5.83. The molecule has 0 atom stereocenters. The van der Waals surface area contributed by atoms with E-state index in [4.69, 9.17) is 9.84 Å². The van der Waals surface area contributed by atoms with Gasteiger partial charge in [-0.15, -0.1) is 0 Å². The van der Waals surface area contributed by atoms with Crippen LogP contribution in [0.15, 0.2) is 42.6 Å². The van der Waals surface area contributed by atoms with Crippen molar-refractivity contribution in [3.8, 4) is 0 Å². The number of aliphatic hydroxyl groups is 1. The van der Waals surface area contributed by atoms with Crippen molar-refractivity contribution in [1.82, 2.24) is 9.78 Å². The van der Waals surface area contributed by atoms with Crippen LogP contribution in [0.3, 0.4) is 0 Å². The smallest absolute Gasteiger partial charge is 0.413 e. The number of anilines is 1. The normalized spacial score (nSPS) is 10.2. The molecule has 0 aliphatic heterocycles. The highest BCUT2D eigenvalue weighted by atomic mass is 16.5. The standard InChI is InChI=1S/C13H15N3O3/c17-9-8-16-12(6-7-14-16)15-13(18)19-10-11-4-2-1-3-5-11/h1-7,17H,8-10H2,(H,15,18). The van der Waals surface area contributed by atoms with Gasteiger partial charge in [0, 0.05) is 6.07 Å². The Morgan fingerprint density at radius 1 is 1.32 bits per heavy atom. The topological polar surface area (TPSA) is 76.4 Å². The summed E-state index contributed by atoms with van der Waals surface area (Å²) in [7, 11) is 0. The van der Waals surface area contributed by atoms with Crippen molar-refractivity contribution in [1.29, 1.82) is 0 Å². The number of amides is 1. The van der Waals surface area contributed by atoms with Crippen LogP contribution in [0.25, 0.3) is 0 Å². The lowest BCUT2D eigenvalue weighted by molar-refractivity contribution is 0.154. The molecule has 0 spiro atoms. The highest BCUT2D eigenvalue weighted by Gasteiger charge is 2.07. The molecule has 1 amide bonds. The van der Waals surface area contributed by atoms with Crippen LogP contribution in [0.5, 0.6) is 0 Å². The molecule has 0 aliphatic rings. The van der Waals surface area contributed by atoms with E-state index < -0.39 is 6.09 Å². The van der Waals surface area contributed by atoms with E-state index in [1.165, 1.54) is 4.68 Å². The molecule has 1 aromatic heterocycles. The zero-order valence-corrected chi connectivity index (χ0v) is 10.3. The number of hydrogen-bond donors (Lipinski definition) is 2. The summed E-state index contributed by atoms with van der Waals surface area (Å²) in [6.45, 7) is 0.484. The Morgan fingerprint density at radius 2 is 2.11 bits per heavy atom. The maximum absolute atomic E-state index is 11.6. The number of benzene rings is 1. The molecule has 6 nitrogen and oxygen atoms in total. The monoisotopic (exact) mass is 261 g/mol. The molecule has 0 unspecified atom stereocenters. The SMILES string of the molecule is O=C(Nc1ccnn1CCO)OCc1ccccc1. The van der Waals surface area contributed by atoms with Crippen molar-refractivity contribution in [2.75, 3.05) is 11.9 Å². The quantitative estimate of drug-likeness (QED) is 0.857. The van der Waals surface area contributed by atoms with Crippen molar-refractivity contribution in [2.45, 2.75) is 13.2 Å². The molecule has 19 heavy (non-hydrogen) atoms. The average molecular weight is 261 g/mol. The van der Waals surface area contributed by atoms with Gasteiger partial charge in [-0.05, 0) is 5.56 Å². The molecule has 0 aliphatic carbocycles. The molecular weight excluding hydrogens is 246 g/mol. The van der Waals surface area contributed by atoms with Gasteiger partial charge in [-0.25, -0.2) is 9.48 Å². The van der Waals surface area contributed by atoms with Crippen molar-refractivity contribution in [3.63, 3.8) is 0 Å². The number of aliphatic hydroxyl groups excluding tert-OH is 1. The van der Waals surface area contributed by atoms with E-state index in [9.17, 15) is 4.79 Å². The fourth-order valence-electron chi connectivity index (χ4n) is 1.58. The molecule has 0 fully saturated rings. The van der Waals surface area contributed by atoms with Crippen molar-refractivity contribution < 1.29 is 14.6 Å². The summed E-state index contributed by atoms with van der Waals surface area (Å²) >= 11 is 0. The third-order valence-electron chi connectivity index (χ3n) is 2.47. The van der Waals surface area contributed by atoms with Crippen LogP contribution >= 0.6 is 0 Å². The van der Waals surface area contributed by atoms with E-state index >= 15 is 0 Å².